The first kappa shape index (κ1) is 11.7. The van der Waals surface area contributed by atoms with E-state index in [1.807, 2.05) is 0 Å². The van der Waals surface area contributed by atoms with Crippen molar-refractivity contribution in [3.8, 4) is 11.1 Å². The lowest BCUT2D eigenvalue weighted by Crippen LogP contribution is -1.89. The molecule has 17 heavy (non-hydrogen) atoms. The fourth-order valence-corrected chi connectivity index (χ4v) is 1.62. The van der Waals surface area contributed by atoms with Crippen LogP contribution in [0.15, 0.2) is 36.4 Å². The van der Waals surface area contributed by atoms with Crippen molar-refractivity contribution in [2.45, 2.75) is 0 Å². The highest BCUT2D eigenvalue weighted by Crippen LogP contribution is 2.27. The molecule has 0 aromatic heterocycles. The fourth-order valence-electron chi connectivity index (χ4n) is 1.50. The second-order valence-electron chi connectivity index (χ2n) is 3.49. The Kier molecular flexibility index (Phi) is 3.20. The highest BCUT2D eigenvalue weighted by Gasteiger charge is 2.08. The van der Waals surface area contributed by atoms with Crippen LogP contribution in [0, 0.1) is 11.6 Å². The van der Waals surface area contributed by atoms with Crippen LogP contribution in [0.25, 0.3) is 11.1 Å². The van der Waals surface area contributed by atoms with Gasteiger partial charge in [0.15, 0.2) is 0 Å². The van der Waals surface area contributed by atoms with E-state index >= 15 is 0 Å². The van der Waals surface area contributed by atoms with E-state index in [0.717, 1.165) is 6.07 Å². The van der Waals surface area contributed by atoms with E-state index in [0.29, 0.717) is 17.4 Å². The Balaban J connectivity index is 2.58. The van der Waals surface area contributed by atoms with Crippen molar-refractivity contribution < 1.29 is 13.6 Å². The van der Waals surface area contributed by atoms with E-state index in [9.17, 15) is 13.6 Å². The monoisotopic (exact) mass is 252 g/mol. The van der Waals surface area contributed by atoms with E-state index in [1.165, 1.54) is 30.3 Å². The van der Waals surface area contributed by atoms with Gasteiger partial charge in [0.05, 0.1) is 5.02 Å². The standard InChI is InChI=1S/C13H7ClF2O/c14-11-3-2-9(6-13(11)16)10-5-8(7-17)1-4-12(10)15/h1-7H. The molecule has 0 N–H and O–H groups in total. The molecule has 0 fully saturated rings. The second-order valence-corrected chi connectivity index (χ2v) is 3.89. The summed E-state index contributed by atoms with van der Waals surface area (Å²) in [6.45, 7) is 0. The number of rotatable bonds is 2. The smallest absolute Gasteiger partial charge is 0.150 e. The molecular weight excluding hydrogens is 246 g/mol. The quantitative estimate of drug-likeness (QED) is 0.736. The molecule has 0 aliphatic carbocycles. The summed E-state index contributed by atoms with van der Waals surface area (Å²) in [4.78, 5) is 10.6. The number of aldehydes is 1. The highest BCUT2D eigenvalue weighted by atomic mass is 35.5. The van der Waals surface area contributed by atoms with Gasteiger partial charge >= 0.3 is 0 Å². The minimum Gasteiger partial charge on any atom is -0.298 e. The van der Waals surface area contributed by atoms with Crippen molar-refractivity contribution in [1.82, 2.24) is 0 Å². The molecule has 0 aliphatic heterocycles. The number of hydrogen-bond donors (Lipinski definition) is 0. The largest absolute Gasteiger partial charge is 0.298 e. The molecule has 86 valence electrons. The van der Waals surface area contributed by atoms with Gasteiger partial charge in [0.1, 0.15) is 17.9 Å². The average molecular weight is 253 g/mol. The maximum Gasteiger partial charge on any atom is 0.150 e. The molecule has 0 amide bonds. The number of carbonyl (C=O) groups excluding carboxylic acids is 1. The maximum absolute atomic E-state index is 13.6. The van der Waals surface area contributed by atoms with E-state index in [4.69, 9.17) is 11.6 Å². The molecule has 0 aliphatic rings. The third-order valence-corrected chi connectivity index (χ3v) is 2.66. The van der Waals surface area contributed by atoms with Gasteiger partial charge in [0, 0.05) is 11.1 Å². The molecule has 0 radical (unpaired) electrons. The van der Waals surface area contributed by atoms with Gasteiger partial charge in [-0.2, -0.15) is 0 Å². The van der Waals surface area contributed by atoms with Crippen LogP contribution >= 0.6 is 11.6 Å². The maximum atomic E-state index is 13.6. The summed E-state index contributed by atoms with van der Waals surface area (Å²) in [5.41, 5.74) is 0.843. The zero-order chi connectivity index (χ0) is 12.4. The number of halogens is 3. The molecule has 0 atom stereocenters. The summed E-state index contributed by atoms with van der Waals surface area (Å²) in [6.07, 6.45) is 0.606. The normalized spacial score (nSPS) is 10.3. The van der Waals surface area contributed by atoms with Crippen molar-refractivity contribution >= 4 is 17.9 Å². The van der Waals surface area contributed by atoms with Gasteiger partial charge in [-0.05, 0) is 35.9 Å². The van der Waals surface area contributed by atoms with E-state index in [2.05, 4.69) is 0 Å². The van der Waals surface area contributed by atoms with Crippen LogP contribution in [0.5, 0.6) is 0 Å². The van der Waals surface area contributed by atoms with E-state index in [-0.39, 0.29) is 10.6 Å². The van der Waals surface area contributed by atoms with Crippen LogP contribution in [0.3, 0.4) is 0 Å². The van der Waals surface area contributed by atoms with E-state index in [1.54, 1.807) is 0 Å². The molecule has 2 aromatic rings. The predicted octanol–water partition coefficient (Wildman–Crippen LogP) is 4.10. The van der Waals surface area contributed by atoms with Gasteiger partial charge in [0.25, 0.3) is 0 Å². The molecule has 0 heterocycles. The number of hydrogen-bond acceptors (Lipinski definition) is 1. The third kappa shape index (κ3) is 2.34. The first-order chi connectivity index (χ1) is 8.11. The fraction of sp³-hybridized carbons (Fsp3) is 0. The van der Waals surface area contributed by atoms with Crippen LogP contribution in [0.2, 0.25) is 5.02 Å². The third-order valence-electron chi connectivity index (χ3n) is 2.36. The van der Waals surface area contributed by atoms with Gasteiger partial charge in [-0.3, -0.25) is 4.79 Å². The van der Waals surface area contributed by atoms with Gasteiger partial charge in [-0.25, -0.2) is 8.78 Å². The Labute approximate surface area is 102 Å². The minimum absolute atomic E-state index is 0.0271. The Morgan fingerprint density at radius 3 is 2.41 bits per heavy atom. The van der Waals surface area contributed by atoms with Crippen LogP contribution in [0.4, 0.5) is 8.78 Å². The van der Waals surface area contributed by atoms with Crippen molar-refractivity contribution in [3.63, 3.8) is 0 Å². The molecule has 0 saturated carbocycles. The van der Waals surface area contributed by atoms with Crippen molar-refractivity contribution in [1.29, 1.82) is 0 Å². The van der Waals surface area contributed by atoms with Crippen LogP contribution in [-0.4, -0.2) is 6.29 Å². The lowest BCUT2D eigenvalue weighted by Gasteiger charge is -2.05. The molecule has 0 saturated heterocycles. The van der Waals surface area contributed by atoms with Crippen molar-refractivity contribution in [3.05, 3.63) is 58.6 Å². The van der Waals surface area contributed by atoms with Crippen LogP contribution < -0.4 is 0 Å². The Morgan fingerprint density at radius 1 is 1.00 bits per heavy atom. The van der Waals surface area contributed by atoms with Crippen molar-refractivity contribution in [2.75, 3.05) is 0 Å². The number of carbonyl (C=O) groups is 1. The Bertz CT molecular complexity index is 582. The van der Waals surface area contributed by atoms with Gasteiger partial charge in [-0.15, -0.1) is 0 Å². The summed E-state index contributed by atoms with van der Waals surface area (Å²) >= 11 is 5.54. The highest BCUT2D eigenvalue weighted by molar-refractivity contribution is 6.30. The van der Waals surface area contributed by atoms with Crippen LogP contribution in [-0.2, 0) is 0 Å². The summed E-state index contributed by atoms with van der Waals surface area (Å²) < 4.78 is 26.8. The first-order valence-electron chi connectivity index (χ1n) is 4.82. The molecule has 2 rings (SSSR count). The number of benzene rings is 2. The van der Waals surface area contributed by atoms with Crippen LogP contribution in [0.1, 0.15) is 10.4 Å². The van der Waals surface area contributed by atoms with E-state index < -0.39 is 11.6 Å². The molecule has 0 spiro atoms. The predicted molar refractivity (Wildman–Crippen MR) is 62.2 cm³/mol. The summed E-state index contributed by atoms with van der Waals surface area (Å²) in [6, 6.07) is 7.88. The molecule has 0 unspecified atom stereocenters. The zero-order valence-electron chi connectivity index (χ0n) is 8.58. The topological polar surface area (TPSA) is 17.1 Å². The summed E-state index contributed by atoms with van der Waals surface area (Å²) in [5, 5.41) is -0.0271. The minimum atomic E-state index is -0.625. The summed E-state index contributed by atoms with van der Waals surface area (Å²) in [5.74, 6) is -1.14. The second kappa shape index (κ2) is 4.63. The molecule has 1 nitrogen and oxygen atoms in total. The molecule has 2 aromatic carbocycles. The summed E-state index contributed by atoms with van der Waals surface area (Å²) in [7, 11) is 0. The lowest BCUT2D eigenvalue weighted by atomic mass is 10.0. The van der Waals surface area contributed by atoms with Gasteiger partial charge in [-0.1, -0.05) is 17.7 Å². The molecule has 4 heteroatoms. The van der Waals surface area contributed by atoms with Crippen molar-refractivity contribution in [2.24, 2.45) is 0 Å². The molecular formula is C13H7ClF2O. The molecule has 0 bridgehead atoms. The first-order valence-corrected chi connectivity index (χ1v) is 5.20. The Morgan fingerprint density at radius 2 is 1.76 bits per heavy atom. The Hall–Kier alpha value is -1.74. The lowest BCUT2D eigenvalue weighted by molar-refractivity contribution is 0.112. The zero-order valence-corrected chi connectivity index (χ0v) is 9.34. The SMILES string of the molecule is O=Cc1ccc(F)c(-c2ccc(Cl)c(F)c2)c1. The van der Waals surface area contributed by atoms with Gasteiger partial charge < -0.3 is 0 Å². The van der Waals surface area contributed by atoms with Gasteiger partial charge in [0.2, 0.25) is 0 Å². The average Bonchev–Trinajstić information content (AvgIpc) is 2.33.